The maximum atomic E-state index is 5.85. The molecular formula is C12H23ClN6. The van der Waals surface area contributed by atoms with Crippen LogP contribution in [-0.4, -0.2) is 52.6 Å². The molecule has 0 saturated heterocycles. The van der Waals surface area contributed by atoms with Gasteiger partial charge in [-0.15, -0.1) is 0 Å². The second kappa shape index (κ2) is 8.87. The Labute approximate surface area is 120 Å². The Morgan fingerprint density at radius 3 is 2.26 bits per heavy atom. The SMILES string of the molecule is CCCN(CC)CCNc1nc(Cl)nc(NCC)n1. The molecule has 0 atom stereocenters. The van der Waals surface area contributed by atoms with Crippen molar-refractivity contribution in [1.29, 1.82) is 0 Å². The standard InChI is InChI=1S/C12H23ClN6/c1-4-8-19(6-3)9-7-15-12-17-10(13)16-11(18-12)14-5-2/h4-9H2,1-3H3,(H2,14,15,16,17,18). The summed E-state index contributed by atoms with van der Waals surface area (Å²) >= 11 is 5.85. The third kappa shape index (κ3) is 6.02. The molecule has 0 bridgehead atoms. The maximum absolute atomic E-state index is 5.85. The lowest BCUT2D eigenvalue weighted by Gasteiger charge is -2.19. The summed E-state index contributed by atoms with van der Waals surface area (Å²) in [5.74, 6) is 1.02. The molecule has 0 aliphatic carbocycles. The van der Waals surface area contributed by atoms with Gasteiger partial charge in [0.15, 0.2) is 0 Å². The molecule has 0 spiro atoms. The minimum absolute atomic E-state index is 0.203. The summed E-state index contributed by atoms with van der Waals surface area (Å²) in [4.78, 5) is 14.7. The molecule has 7 heteroatoms. The summed E-state index contributed by atoms with van der Waals surface area (Å²) in [6.45, 7) is 11.0. The fourth-order valence-corrected chi connectivity index (χ4v) is 1.90. The average Bonchev–Trinajstić information content (AvgIpc) is 2.37. The van der Waals surface area contributed by atoms with Crippen molar-refractivity contribution in [2.75, 3.05) is 43.4 Å². The van der Waals surface area contributed by atoms with Crippen molar-refractivity contribution < 1.29 is 0 Å². The van der Waals surface area contributed by atoms with Crippen molar-refractivity contribution in [1.82, 2.24) is 19.9 Å². The number of anilines is 2. The van der Waals surface area contributed by atoms with Crippen LogP contribution >= 0.6 is 11.6 Å². The van der Waals surface area contributed by atoms with Gasteiger partial charge in [0.05, 0.1) is 0 Å². The molecule has 0 saturated carbocycles. The van der Waals surface area contributed by atoms with Gasteiger partial charge in [-0.25, -0.2) is 0 Å². The van der Waals surface area contributed by atoms with E-state index in [1.165, 1.54) is 0 Å². The van der Waals surface area contributed by atoms with Crippen molar-refractivity contribution in [2.24, 2.45) is 0 Å². The lowest BCUT2D eigenvalue weighted by molar-refractivity contribution is 0.300. The van der Waals surface area contributed by atoms with Gasteiger partial charge in [0.1, 0.15) is 0 Å². The van der Waals surface area contributed by atoms with E-state index in [2.05, 4.69) is 44.3 Å². The number of hydrogen-bond acceptors (Lipinski definition) is 6. The van der Waals surface area contributed by atoms with Crippen molar-refractivity contribution in [2.45, 2.75) is 27.2 Å². The highest BCUT2D eigenvalue weighted by molar-refractivity contribution is 6.28. The van der Waals surface area contributed by atoms with Gasteiger partial charge >= 0.3 is 0 Å². The summed E-state index contributed by atoms with van der Waals surface area (Å²) in [6, 6.07) is 0. The van der Waals surface area contributed by atoms with Crippen molar-refractivity contribution in [3.8, 4) is 0 Å². The third-order valence-electron chi connectivity index (χ3n) is 2.64. The maximum Gasteiger partial charge on any atom is 0.228 e. The average molecular weight is 287 g/mol. The summed E-state index contributed by atoms with van der Waals surface area (Å²) in [5, 5.41) is 6.40. The molecule has 0 aromatic carbocycles. The quantitative estimate of drug-likeness (QED) is 0.725. The predicted octanol–water partition coefficient (Wildman–Crippen LogP) is 2.10. The first kappa shape index (κ1) is 15.9. The molecular weight excluding hydrogens is 264 g/mol. The first-order chi connectivity index (χ1) is 9.19. The minimum atomic E-state index is 0.203. The van der Waals surface area contributed by atoms with Gasteiger partial charge in [-0.1, -0.05) is 13.8 Å². The van der Waals surface area contributed by atoms with E-state index in [0.29, 0.717) is 11.9 Å². The van der Waals surface area contributed by atoms with Crippen LogP contribution in [0.15, 0.2) is 0 Å². The van der Waals surface area contributed by atoms with Crippen molar-refractivity contribution >= 4 is 23.5 Å². The Morgan fingerprint density at radius 2 is 1.68 bits per heavy atom. The van der Waals surface area contributed by atoms with Gasteiger partial charge in [0, 0.05) is 19.6 Å². The Kier molecular flexibility index (Phi) is 7.43. The van der Waals surface area contributed by atoms with Gasteiger partial charge in [-0.05, 0) is 38.0 Å². The van der Waals surface area contributed by atoms with Crippen molar-refractivity contribution in [3.05, 3.63) is 5.28 Å². The van der Waals surface area contributed by atoms with Crippen LogP contribution in [0, 0.1) is 0 Å². The number of likely N-dealkylation sites (N-methyl/N-ethyl adjacent to an activating group) is 1. The Morgan fingerprint density at radius 1 is 1.00 bits per heavy atom. The molecule has 0 aliphatic rings. The predicted molar refractivity (Wildman–Crippen MR) is 79.9 cm³/mol. The van der Waals surface area contributed by atoms with E-state index in [1.807, 2.05) is 6.92 Å². The molecule has 0 aliphatic heterocycles. The minimum Gasteiger partial charge on any atom is -0.354 e. The Bertz CT molecular complexity index is 373. The molecule has 1 heterocycles. The molecule has 19 heavy (non-hydrogen) atoms. The molecule has 1 aromatic rings. The van der Waals surface area contributed by atoms with E-state index in [-0.39, 0.29) is 5.28 Å². The van der Waals surface area contributed by atoms with Gasteiger partial charge in [0.2, 0.25) is 17.2 Å². The van der Waals surface area contributed by atoms with Crippen molar-refractivity contribution in [3.63, 3.8) is 0 Å². The zero-order chi connectivity index (χ0) is 14.1. The first-order valence-electron chi connectivity index (χ1n) is 6.81. The van der Waals surface area contributed by atoms with Crippen LogP contribution < -0.4 is 10.6 Å². The van der Waals surface area contributed by atoms with Gasteiger partial charge in [-0.3, -0.25) is 0 Å². The van der Waals surface area contributed by atoms with Crippen LogP contribution in [0.2, 0.25) is 5.28 Å². The largest absolute Gasteiger partial charge is 0.354 e. The molecule has 0 amide bonds. The van der Waals surface area contributed by atoms with Gasteiger partial charge in [0.25, 0.3) is 0 Å². The van der Waals surface area contributed by atoms with E-state index in [0.717, 1.165) is 39.1 Å². The van der Waals surface area contributed by atoms with Crippen LogP contribution in [0.25, 0.3) is 0 Å². The highest BCUT2D eigenvalue weighted by atomic mass is 35.5. The Hall–Kier alpha value is -1.14. The lowest BCUT2D eigenvalue weighted by Crippen LogP contribution is -2.30. The summed E-state index contributed by atoms with van der Waals surface area (Å²) < 4.78 is 0. The summed E-state index contributed by atoms with van der Waals surface area (Å²) in [5.41, 5.74) is 0. The molecule has 2 N–H and O–H groups in total. The van der Waals surface area contributed by atoms with E-state index in [4.69, 9.17) is 11.6 Å². The van der Waals surface area contributed by atoms with E-state index in [1.54, 1.807) is 0 Å². The number of hydrogen-bond donors (Lipinski definition) is 2. The molecule has 6 nitrogen and oxygen atoms in total. The first-order valence-corrected chi connectivity index (χ1v) is 7.19. The molecule has 0 fully saturated rings. The van der Waals surface area contributed by atoms with Crippen LogP contribution in [0.5, 0.6) is 0 Å². The van der Waals surface area contributed by atoms with Gasteiger partial charge in [-0.2, -0.15) is 15.0 Å². The van der Waals surface area contributed by atoms with Crippen LogP contribution in [-0.2, 0) is 0 Å². The number of rotatable bonds is 9. The monoisotopic (exact) mass is 286 g/mol. The molecule has 1 aromatic heterocycles. The molecule has 1 rings (SSSR count). The topological polar surface area (TPSA) is 66.0 Å². The van der Waals surface area contributed by atoms with Crippen LogP contribution in [0.4, 0.5) is 11.9 Å². The number of nitrogens with one attached hydrogen (secondary N) is 2. The highest BCUT2D eigenvalue weighted by Gasteiger charge is 2.05. The highest BCUT2D eigenvalue weighted by Crippen LogP contribution is 2.08. The zero-order valence-corrected chi connectivity index (χ0v) is 12.7. The summed E-state index contributed by atoms with van der Waals surface area (Å²) in [6.07, 6.45) is 1.16. The fraction of sp³-hybridized carbons (Fsp3) is 0.750. The van der Waals surface area contributed by atoms with Gasteiger partial charge < -0.3 is 15.5 Å². The van der Waals surface area contributed by atoms with E-state index >= 15 is 0 Å². The van der Waals surface area contributed by atoms with E-state index in [9.17, 15) is 0 Å². The van der Waals surface area contributed by atoms with Crippen LogP contribution in [0.1, 0.15) is 27.2 Å². The number of halogens is 1. The Balaban J connectivity index is 2.48. The fourth-order valence-electron chi connectivity index (χ4n) is 1.74. The zero-order valence-electron chi connectivity index (χ0n) is 11.9. The number of nitrogens with zero attached hydrogens (tertiary/aromatic N) is 4. The lowest BCUT2D eigenvalue weighted by atomic mass is 10.4. The number of aromatic nitrogens is 3. The normalized spacial score (nSPS) is 10.8. The van der Waals surface area contributed by atoms with Crippen LogP contribution in [0.3, 0.4) is 0 Å². The summed E-state index contributed by atoms with van der Waals surface area (Å²) in [7, 11) is 0. The third-order valence-corrected chi connectivity index (χ3v) is 2.81. The molecule has 108 valence electrons. The molecule has 0 radical (unpaired) electrons. The second-order valence-corrected chi connectivity index (χ2v) is 4.48. The van der Waals surface area contributed by atoms with E-state index < -0.39 is 0 Å². The second-order valence-electron chi connectivity index (χ2n) is 4.14. The molecule has 0 unspecified atom stereocenters. The smallest absolute Gasteiger partial charge is 0.228 e.